The Morgan fingerprint density at radius 2 is 1.81 bits per heavy atom. The summed E-state index contributed by atoms with van der Waals surface area (Å²) >= 11 is 0. The molecule has 2 atom stereocenters. The highest BCUT2D eigenvalue weighted by Gasteiger charge is 2.31. The van der Waals surface area contributed by atoms with E-state index in [2.05, 4.69) is 18.7 Å². The van der Waals surface area contributed by atoms with Gasteiger partial charge in [-0.15, -0.1) is 0 Å². The minimum absolute atomic E-state index is 0.133. The molecular formula is C16H25F3N2. The molecule has 1 aromatic rings. The Balaban J connectivity index is 2.72. The monoisotopic (exact) mass is 302 g/mol. The van der Waals surface area contributed by atoms with Crippen molar-refractivity contribution in [2.75, 3.05) is 19.6 Å². The van der Waals surface area contributed by atoms with Gasteiger partial charge in [-0.2, -0.15) is 13.2 Å². The highest BCUT2D eigenvalue weighted by molar-refractivity contribution is 5.28. The molecule has 0 aromatic heterocycles. The summed E-state index contributed by atoms with van der Waals surface area (Å²) < 4.78 is 38.2. The normalized spacial score (nSPS) is 15.2. The van der Waals surface area contributed by atoms with Gasteiger partial charge < -0.3 is 10.6 Å². The van der Waals surface area contributed by atoms with E-state index >= 15 is 0 Å². The van der Waals surface area contributed by atoms with E-state index in [4.69, 9.17) is 5.73 Å². The van der Waals surface area contributed by atoms with E-state index in [1.165, 1.54) is 12.1 Å². The van der Waals surface area contributed by atoms with E-state index in [1.807, 2.05) is 6.92 Å². The second kappa shape index (κ2) is 7.80. The van der Waals surface area contributed by atoms with Crippen LogP contribution in [0.1, 0.15) is 44.4 Å². The van der Waals surface area contributed by atoms with Crippen LogP contribution in [0.4, 0.5) is 13.2 Å². The Morgan fingerprint density at radius 3 is 2.33 bits per heavy atom. The zero-order chi connectivity index (χ0) is 16.0. The minimum Gasteiger partial charge on any atom is -0.324 e. The molecule has 0 fully saturated rings. The largest absolute Gasteiger partial charge is 0.416 e. The van der Waals surface area contributed by atoms with Crippen molar-refractivity contribution in [2.24, 2.45) is 11.7 Å². The number of nitrogens with two attached hydrogens (primary N) is 1. The van der Waals surface area contributed by atoms with Gasteiger partial charge in [-0.05, 0) is 49.7 Å². The quantitative estimate of drug-likeness (QED) is 0.822. The molecule has 120 valence electrons. The Kier molecular flexibility index (Phi) is 6.68. The molecule has 1 rings (SSSR count). The minimum atomic E-state index is -4.32. The zero-order valence-corrected chi connectivity index (χ0v) is 13.0. The molecule has 2 N–H and O–H groups in total. The number of hydrogen-bond acceptors (Lipinski definition) is 2. The predicted octanol–water partition coefficient (Wildman–Crippen LogP) is 4.07. The first kappa shape index (κ1) is 18.0. The average Bonchev–Trinajstić information content (AvgIpc) is 2.46. The van der Waals surface area contributed by atoms with Crippen LogP contribution in [-0.4, -0.2) is 24.5 Å². The van der Waals surface area contributed by atoms with Crippen LogP contribution in [-0.2, 0) is 6.18 Å². The third-order valence-electron chi connectivity index (χ3n) is 4.01. The summed E-state index contributed by atoms with van der Waals surface area (Å²) in [5.74, 6) is 0.133. The molecule has 2 nitrogen and oxygen atoms in total. The maximum Gasteiger partial charge on any atom is 0.416 e. The van der Waals surface area contributed by atoms with Crippen molar-refractivity contribution in [3.05, 3.63) is 35.4 Å². The SMILES string of the molecule is CCN(CC)CCC(C)C(N)c1cccc(C(F)(F)F)c1. The number of alkyl halides is 3. The van der Waals surface area contributed by atoms with Crippen LogP contribution in [0.5, 0.6) is 0 Å². The molecule has 0 amide bonds. The third kappa shape index (κ3) is 5.32. The molecule has 0 aliphatic heterocycles. The Morgan fingerprint density at radius 1 is 1.19 bits per heavy atom. The summed E-state index contributed by atoms with van der Waals surface area (Å²) in [7, 11) is 0. The van der Waals surface area contributed by atoms with Gasteiger partial charge in [0.25, 0.3) is 0 Å². The number of nitrogens with zero attached hydrogens (tertiary/aromatic N) is 1. The fourth-order valence-corrected chi connectivity index (χ4v) is 2.36. The Bertz CT molecular complexity index is 428. The number of benzene rings is 1. The predicted molar refractivity (Wildman–Crippen MR) is 79.9 cm³/mol. The summed E-state index contributed by atoms with van der Waals surface area (Å²) in [6.45, 7) is 9.06. The van der Waals surface area contributed by atoms with Crippen LogP contribution in [0, 0.1) is 5.92 Å². The maximum absolute atomic E-state index is 12.7. The zero-order valence-electron chi connectivity index (χ0n) is 13.0. The van der Waals surface area contributed by atoms with Crippen LogP contribution < -0.4 is 5.73 Å². The summed E-state index contributed by atoms with van der Waals surface area (Å²) in [6.07, 6.45) is -3.45. The molecule has 0 radical (unpaired) electrons. The molecule has 0 saturated carbocycles. The molecule has 0 saturated heterocycles. The Hall–Kier alpha value is -1.07. The number of hydrogen-bond donors (Lipinski definition) is 1. The standard InChI is InChI=1S/C16H25F3N2/c1-4-21(5-2)10-9-12(3)15(20)13-7-6-8-14(11-13)16(17,18)19/h6-8,11-12,15H,4-5,9-10,20H2,1-3H3. The van der Waals surface area contributed by atoms with Crippen LogP contribution >= 0.6 is 0 Å². The first-order chi connectivity index (χ1) is 9.79. The fourth-order valence-electron chi connectivity index (χ4n) is 2.36. The first-order valence-corrected chi connectivity index (χ1v) is 7.44. The number of rotatable bonds is 7. The van der Waals surface area contributed by atoms with Crippen molar-refractivity contribution in [1.82, 2.24) is 4.90 Å². The van der Waals surface area contributed by atoms with Crippen molar-refractivity contribution >= 4 is 0 Å². The molecule has 0 aliphatic carbocycles. The van der Waals surface area contributed by atoms with E-state index in [1.54, 1.807) is 6.07 Å². The third-order valence-corrected chi connectivity index (χ3v) is 4.01. The van der Waals surface area contributed by atoms with Gasteiger partial charge in [0, 0.05) is 6.04 Å². The lowest BCUT2D eigenvalue weighted by atomic mass is 9.91. The lowest BCUT2D eigenvalue weighted by Crippen LogP contribution is -2.28. The lowest BCUT2D eigenvalue weighted by molar-refractivity contribution is -0.137. The second-order valence-electron chi connectivity index (χ2n) is 5.44. The molecule has 0 heterocycles. The molecule has 1 aromatic carbocycles. The topological polar surface area (TPSA) is 29.3 Å². The van der Waals surface area contributed by atoms with Crippen LogP contribution in [0.2, 0.25) is 0 Å². The summed E-state index contributed by atoms with van der Waals surface area (Å²) in [5, 5.41) is 0. The molecule has 0 spiro atoms. The van der Waals surface area contributed by atoms with Crippen molar-refractivity contribution in [2.45, 2.75) is 39.4 Å². The van der Waals surface area contributed by atoms with E-state index in [0.717, 1.165) is 32.1 Å². The molecule has 0 aliphatic rings. The summed E-state index contributed by atoms with van der Waals surface area (Å²) in [5.41, 5.74) is 6.05. The van der Waals surface area contributed by atoms with E-state index in [0.29, 0.717) is 5.56 Å². The first-order valence-electron chi connectivity index (χ1n) is 7.44. The van der Waals surface area contributed by atoms with Crippen molar-refractivity contribution < 1.29 is 13.2 Å². The van der Waals surface area contributed by atoms with Crippen LogP contribution in [0.15, 0.2) is 24.3 Å². The van der Waals surface area contributed by atoms with Crippen molar-refractivity contribution in [3.63, 3.8) is 0 Å². The summed E-state index contributed by atoms with van der Waals surface area (Å²) in [4.78, 5) is 2.29. The maximum atomic E-state index is 12.7. The molecule has 2 unspecified atom stereocenters. The van der Waals surface area contributed by atoms with Crippen molar-refractivity contribution in [3.8, 4) is 0 Å². The van der Waals surface area contributed by atoms with E-state index < -0.39 is 11.7 Å². The number of halogens is 3. The van der Waals surface area contributed by atoms with Gasteiger partial charge in [-0.25, -0.2) is 0 Å². The highest BCUT2D eigenvalue weighted by Crippen LogP contribution is 2.32. The summed E-state index contributed by atoms with van der Waals surface area (Å²) in [6, 6.07) is 4.97. The van der Waals surface area contributed by atoms with Gasteiger partial charge in [0.05, 0.1) is 5.56 Å². The van der Waals surface area contributed by atoms with Gasteiger partial charge in [0.15, 0.2) is 0 Å². The second-order valence-corrected chi connectivity index (χ2v) is 5.44. The molecule has 5 heteroatoms. The van der Waals surface area contributed by atoms with Gasteiger partial charge in [0.1, 0.15) is 0 Å². The van der Waals surface area contributed by atoms with Crippen LogP contribution in [0.3, 0.4) is 0 Å². The van der Waals surface area contributed by atoms with E-state index in [-0.39, 0.29) is 12.0 Å². The molecule has 0 bridgehead atoms. The Labute approximate surface area is 125 Å². The smallest absolute Gasteiger partial charge is 0.324 e. The lowest BCUT2D eigenvalue weighted by Gasteiger charge is -2.25. The molecule has 21 heavy (non-hydrogen) atoms. The highest BCUT2D eigenvalue weighted by atomic mass is 19.4. The fraction of sp³-hybridized carbons (Fsp3) is 0.625. The molecular weight excluding hydrogens is 277 g/mol. The average molecular weight is 302 g/mol. The van der Waals surface area contributed by atoms with Gasteiger partial charge in [-0.3, -0.25) is 0 Å². The van der Waals surface area contributed by atoms with Crippen LogP contribution in [0.25, 0.3) is 0 Å². The van der Waals surface area contributed by atoms with E-state index in [9.17, 15) is 13.2 Å². The van der Waals surface area contributed by atoms with Gasteiger partial charge >= 0.3 is 6.18 Å². The van der Waals surface area contributed by atoms with Crippen molar-refractivity contribution in [1.29, 1.82) is 0 Å². The van der Waals surface area contributed by atoms with Gasteiger partial charge in [0.2, 0.25) is 0 Å². The van der Waals surface area contributed by atoms with Gasteiger partial charge in [-0.1, -0.05) is 32.9 Å².